The third kappa shape index (κ3) is 4.37. The van der Waals surface area contributed by atoms with Crippen LogP contribution in [0, 0.1) is 0 Å². The molecule has 1 fully saturated rings. The first kappa shape index (κ1) is 13.0. The van der Waals surface area contributed by atoms with Crippen molar-refractivity contribution < 1.29 is 0 Å². The number of nitrogens with zero attached hydrogens (tertiary/aromatic N) is 2. The van der Waals surface area contributed by atoms with Gasteiger partial charge >= 0.3 is 0 Å². The van der Waals surface area contributed by atoms with Gasteiger partial charge in [-0.2, -0.15) is 0 Å². The molecule has 0 atom stereocenters. The molecule has 2 heterocycles. The topological polar surface area (TPSA) is 28.2 Å². The predicted molar refractivity (Wildman–Crippen MR) is 73.5 cm³/mol. The number of hydrogen-bond acceptors (Lipinski definition) is 4. The second-order valence-electron chi connectivity index (χ2n) is 4.70. The number of nitrogens with one attached hydrogen (secondary N) is 1. The van der Waals surface area contributed by atoms with Crippen LogP contribution in [-0.4, -0.2) is 36.1 Å². The van der Waals surface area contributed by atoms with Crippen LogP contribution in [0.2, 0.25) is 0 Å². The molecule has 1 N–H and O–H groups in total. The van der Waals surface area contributed by atoms with E-state index in [2.05, 4.69) is 22.1 Å². The molecule has 0 radical (unpaired) electrons. The van der Waals surface area contributed by atoms with E-state index >= 15 is 0 Å². The van der Waals surface area contributed by atoms with Crippen LogP contribution < -0.4 is 5.32 Å². The van der Waals surface area contributed by atoms with Crippen LogP contribution >= 0.6 is 11.3 Å². The maximum atomic E-state index is 4.51. The summed E-state index contributed by atoms with van der Waals surface area (Å²) >= 11 is 1.87. The Balaban J connectivity index is 1.69. The van der Waals surface area contributed by atoms with Crippen molar-refractivity contribution in [3.05, 3.63) is 16.1 Å². The standard InChI is InChI=1S/C13H23N3S/c1-2-6-14-10-12-11-15-13(17-12)5-9-16-7-3-4-8-16/h11,14H,2-10H2,1H3. The van der Waals surface area contributed by atoms with E-state index in [9.17, 15) is 0 Å². The number of hydrogen-bond donors (Lipinski definition) is 1. The van der Waals surface area contributed by atoms with Crippen molar-refractivity contribution >= 4 is 11.3 Å². The highest BCUT2D eigenvalue weighted by Gasteiger charge is 2.11. The molecular formula is C13H23N3S. The van der Waals surface area contributed by atoms with Gasteiger partial charge in [0.05, 0.1) is 5.01 Å². The van der Waals surface area contributed by atoms with Gasteiger partial charge in [-0.25, -0.2) is 4.98 Å². The SMILES string of the molecule is CCCNCc1cnc(CCN2CCCC2)s1. The third-order valence-electron chi connectivity index (χ3n) is 3.17. The second-order valence-corrected chi connectivity index (χ2v) is 5.90. The Morgan fingerprint density at radius 2 is 2.24 bits per heavy atom. The lowest BCUT2D eigenvalue weighted by atomic mass is 10.4. The smallest absolute Gasteiger partial charge is 0.0940 e. The van der Waals surface area contributed by atoms with Crippen LogP contribution in [0.3, 0.4) is 0 Å². The van der Waals surface area contributed by atoms with Gasteiger partial charge in [0.25, 0.3) is 0 Å². The molecule has 0 aliphatic carbocycles. The van der Waals surface area contributed by atoms with Crippen molar-refractivity contribution in [2.45, 2.75) is 39.2 Å². The van der Waals surface area contributed by atoms with E-state index in [1.807, 2.05) is 17.5 Å². The maximum Gasteiger partial charge on any atom is 0.0940 e. The molecule has 4 heteroatoms. The Bertz CT molecular complexity index is 318. The monoisotopic (exact) mass is 253 g/mol. The van der Waals surface area contributed by atoms with Crippen molar-refractivity contribution in [1.29, 1.82) is 0 Å². The van der Waals surface area contributed by atoms with E-state index in [-0.39, 0.29) is 0 Å². The van der Waals surface area contributed by atoms with Gasteiger partial charge in [-0.3, -0.25) is 0 Å². The van der Waals surface area contributed by atoms with Crippen molar-refractivity contribution in [1.82, 2.24) is 15.2 Å². The molecule has 0 amide bonds. The third-order valence-corrected chi connectivity index (χ3v) is 4.23. The summed E-state index contributed by atoms with van der Waals surface area (Å²) < 4.78 is 0. The first-order valence-corrected chi connectivity index (χ1v) is 7.57. The fraction of sp³-hybridized carbons (Fsp3) is 0.769. The highest BCUT2D eigenvalue weighted by Crippen LogP contribution is 2.15. The van der Waals surface area contributed by atoms with E-state index in [4.69, 9.17) is 0 Å². The molecule has 0 unspecified atom stereocenters. The molecule has 96 valence electrons. The average molecular weight is 253 g/mol. The molecule has 1 aliphatic heterocycles. The summed E-state index contributed by atoms with van der Waals surface area (Å²) in [6, 6.07) is 0. The number of rotatable bonds is 7. The molecular weight excluding hydrogens is 230 g/mol. The lowest BCUT2D eigenvalue weighted by Crippen LogP contribution is -2.21. The zero-order valence-corrected chi connectivity index (χ0v) is 11.6. The molecule has 1 aliphatic rings. The highest BCUT2D eigenvalue weighted by molar-refractivity contribution is 7.11. The van der Waals surface area contributed by atoms with Gasteiger partial charge in [-0.15, -0.1) is 11.3 Å². The largest absolute Gasteiger partial charge is 0.312 e. The minimum atomic E-state index is 0.981. The van der Waals surface area contributed by atoms with Gasteiger partial charge in [0.1, 0.15) is 0 Å². The van der Waals surface area contributed by atoms with Gasteiger partial charge in [-0.1, -0.05) is 6.92 Å². The number of aromatic nitrogens is 1. The van der Waals surface area contributed by atoms with Crippen molar-refractivity contribution in [3.63, 3.8) is 0 Å². The van der Waals surface area contributed by atoms with Crippen LogP contribution in [0.5, 0.6) is 0 Å². The summed E-state index contributed by atoms with van der Waals surface area (Å²) in [4.78, 5) is 8.43. The van der Waals surface area contributed by atoms with E-state index in [1.54, 1.807) is 0 Å². The summed E-state index contributed by atoms with van der Waals surface area (Å²) in [5.41, 5.74) is 0. The van der Waals surface area contributed by atoms with Crippen molar-refractivity contribution in [2.75, 3.05) is 26.2 Å². The summed E-state index contributed by atoms with van der Waals surface area (Å²) in [5.74, 6) is 0. The van der Waals surface area contributed by atoms with E-state index in [0.717, 1.165) is 19.5 Å². The molecule has 2 rings (SSSR count). The summed E-state index contributed by atoms with van der Waals surface area (Å²) in [6.45, 7) is 8.04. The minimum Gasteiger partial charge on any atom is -0.312 e. The molecule has 17 heavy (non-hydrogen) atoms. The zero-order valence-electron chi connectivity index (χ0n) is 10.7. The Morgan fingerprint density at radius 1 is 1.41 bits per heavy atom. The van der Waals surface area contributed by atoms with Gasteiger partial charge < -0.3 is 10.2 Å². The first-order valence-electron chi connectivity index (χ1n) is 6.75. The van der Waals surface area contributed by atoms with Crippen molar-refractivity contribution in [2.24, 2.45) is 0 Å². The van der Waals surface area contributed by atoms with Crippen LogP contribution in [0.25, 0.3) is 0 Å². The fourth-order valence-electron chi connectivity index (χ4n) is 2.19. The van der Waals surface area contributed by atoms with Gasteiger partial charge in [0, 0.05) is 30.6 Å². The van der Waals surface area contributed by atoms with E-state index in [1.165, 1.54) is 48.8 Å². The maximum absolute atomic E-state index is 4.51. The summed E-state index contributed by atoms with van der Waals surface area (Å²) in [6.07, 6.45) is 7.11. The van der Waals surface area contributed by atoms with Crippen LogP contribution in [0.1, 0.15) is 36.1 Å². The molecule has 0 spiro atoms. The summed E-state index contributed by atoms with van der Waals surface area (Å²) in [5, 5.41) is 4.72. The average Bonchev–Trinajstić information content (AvgIpc) is 2.98. The van der Waals surface area contributed by atoms with Gasteiger partial charge in [-0.05, 0) is 38.9 Å². The molecule has 1 saturated heterocycles. The molecule has 0 saturated carbocycles. The quantitative estimate of drug-likeness (QED) is 0.756. The molecule has 0 aromatic carbocycles. The normalized spacial score (nSPS) is 16.8. The highest BCUT2D eigenvalue weighted by atomic mass is 32.1. The lowest BCUT2D eigenvalue weighted by Gasteiger charge is -2.12. The van der Waals surface area contributed by atoms with E-state index < -0.39 is 0 Å². The van der Waals surface area contributed by atoms with Gasteiger partial charge in [0.15, 0.2) is 0 Å². The van der Waals surface area contributed by atoms with Crippen molar-refractivity contribution in [3.8, 4) is 0 Å². The Labute approximate surface area is 108 Å². The first-order chi connectivity index (χ1) is 8.38. The van der Waals surface area contributed by atoms with Gasteiger partial charge in [0.2, 0.25) is 0 Å². The summed E-state index contributed by atoms with van der Waals surface area (Å²) in [7, 11) is 0. The Hall–Kier alpha value is -0.450. The predicted octanol–water partition coefficient (Wildman–Crippen LogP) is 2.28. The zero-order chi connectivity index (χ0) is 11.9. The van der Waals surface area contributed by atoms with Crippen LogP contribution in [0.15, 0.2) is 6.20 Å². The van der Waals surface area contributed by atoms with Crippen LogP contribution in [0.4, 0.5) is 0 Å². The van der Waals surface area contributed by atoms with Crippen LogP contribution in [-0.2, 0) is 13.0 Å². The second kappa shape index (κ2) is 7.09. The van der Waals surface area contributed by atoms with E-state index in [0.29, 0.717) is 0 Å². The molecule has 3 nitrogen and oxygen atoms in total. The molecule has 0 bridgehead atoms. The fourth-order valence-corrected chi connectivity index (χ4v) is 3.07. The molecule has 1 aromatic heterocycles. The Kier molecular flexibility index (Phi) is 5.42. The molecule has 1 aromatic rings. The Morgan fingerprint density at radius 3 is 3.00 bits per heavy atom. The minimum absolute atomic E-state index is 0.981. The number of thiazole rings is 1. The number of likely N-dealkylation sites (tertiary alicyclic amines) is 1. The lowest BCUT2D eigenvalue weighted by molar-refractivity contribution is 0.343.